The summed E-state index contributed by atoms with van der Waals surface area (Å²) in [4.78, 5) is 10.8. The van der Waals surface area contributed by atoms with Crippen molar-refractivity contribution >= 4 is 22.9 Å². The van der Waals surface area contributed by atoms with E-state index in [0.29, 0.717) is 0 Å². The molecule has 0 N–H and O–H groups in total. The standard InChI is InChI=1S/C7H12OP2.2Y/c1-9-5-3-7(8)4-6-10-2;;/h3-6,9-10H,1-2H3;;. The van der Waals surface area contributed by atoms with Crippen LogP contribution in [-0.4, -0.2) is 19.1 Å². The summed E-state index contributed by atoms with van der Waals surface area (Å²) in [5.74, 6) is 3.89. The van der Waals surface area contributed by atoms with Crippen LogP contribution in [0.5, 0.6) is 0 Å². The van der Waals surface area contributed by atoms with E-state index in [0.717, 1.165) is 17.2 Å². The van der Waals surface area contributed by atoms with E-state index in [2.05, 4.69) is 0 Å². The third-order valence-electron chi connectivity index (χ3n) is 0.829. The van der Waals surface area contributed by atoms with Gasteiger partial charge < -0.3 is 0 Å². The van der Waals surface area contributed by atoms with Crippen molar-refractivity contribution < 1.29 is 70.2 Å². The van der Waals surface area contributed by atoms with E-state index >= 15 is 0 Å². The molecule has 0 aliphatic heterocycles. The number of allylic oxidation sites excluding steroid dienone is 2. The molecular weight excluding hydrogens is 340 g/mol. The fraction of sp³-hybridized carbons (Fsp3) is 0.286. The summed E-state index contributed by atoms with van der Waals surface area (Å²) in [5, 5.41) is 0. The molecule has 62 valence electrons. The number of carbonyl (C=O) groups excluding carboxylic acids is 1. The van der Waals surface area contributed by atoms with Crippen LogP contribution < -0.4 is 0 Å². The van der Waals surface area contributed by atoms with E-state index in [1.807, 2.05) is 25.0 Å². The first-order valence-corrected chi connectivity index (χ1v) is 6.18. The Morgan fingerprint density at radius 3 is 1.58 bits per heavy atom. The normalized spacial score (nSPS) is 11.5. The minimum absolute atomic E-state index is 0. The average molecular weight is 352 g/mol. The molecule has 0 aliphatic carbocycles. The van der Waals surface area contributed by atoms with E-state index in [1.54, 1.807) is 12.2 Å². The first kappa shape index (κ1) is 19.7. The molecule has 0 rings (SSSR count). The number of carbonyl (C=O) groups is 1. The molecule has 0 aromatic heterocycles. The summed E-state index contributed by atoms with van der Waals surface area (Å²) in [6.45, 7) is 4.07. The maximum atomic E-state index is 10.8. The molecule has 12 heavy (non-hydrogen) atoms. The Hall–Kier alpha value is 2.22. The van der Waals surface area contributed by atoms with E-state index in [9.17, 15) is 4.79 Å². The molecule has 0 aromatic rings. The molecule has 2 unspecified atom stereocenters. The van der Waals surface area contributed by atoms with E-state index in [-0.39, 0.29) is 71.2 Å². The first-order chi connectivity index (χ1) is 4.81. The largest absolute Gasteiger partial charge is 0.290 e. The molecule has 2 radical (unpaired) electrons. The number of hydrogen-bond acceptors (Lipinski definition) is 1. The quantitative estimate of drug-likeness (QED) is 0.560. The number of hydrogen-bond donors (Lipinski definition) is 0. The van der Waals surface area contributed by atoms with E-state index < -0.39 is 0 Å². The second-order valence-electron chi connectivity index (χ2n) is 1.65. The third kappa shape index (κ3) is 14.7. The summed E-state index contributed by atoms with van der Waals surface area (Å²) in [6.07, 6.45) is 3.24. The fourth-order valence-electron chi connectivity index (χ4n) is 0.386. The van der Waals surface area contributed by atoms with Crippen LogP contribution in [-0.2, 0) is 70.2 Å². The molecule has 0 spiro atoms. The van der Waals surface area contributed by atoms with Crippen LogP contribution in [0.15, 0.2) is 23.8 Å². The van der Waals surface area contributed by atoms with E-state index in [1.165, 1.54) is 0 Å². The topological polar surface area (TPSA) is 17.1 Å². The van der Waals surface area contributed by atoms with Crippen molar-refractivity contribution in [2.24, 2.45) is 0 Å². The molecular formula is C7H12OP2Y2. The van der Waals surface area contributed by atoms with Gasteiger partial charge >= 0.3 is 0 Å². The summed E-state index contributed by atoms with van der Waals surface area (Å²) < 4.78 is 0. The number of ketones is 1. The van der Waals surface area contributed by atoms with Gasteiger partial charge in [0.2, 0.25) is 0 Å². The monoisotopic (exact) mass is 352 g/mol. The summed E-state index contributed by atoms with van der Waals surface area (Å²) in [5.41, 5.74) is 0. The SMILES string of the molecule is CPC=CC(=O)C=CPC.[Y].[Y]. The molecule has 0 amide bonds. The van der Waals surface area contributed by atoms with Crippen LogP contribution in [0.4, 0.5) is 0 Å². The van der Waals surface area contributed by atoms with Crippen molar-refractivity contribution in [3.63, 3.8) is 0 Å². The van der Waals surface area contributed by atoms with Gasteiger partial charge in [-0.3, -0.25) is 4.79 Å². The van der Waals surface area contributed by atoms with Crippen molar-refractivity contribution in [3.05, 3.63) is 23.8 Å². The van der Waals surface area contributed by atoms with Crippen LogP contribution in [0.2, 0.25) is 0 Å². The van der Waals surface area contributed by atoms with Crippen LogP contribution in [0.3, 0.4) is 0 Å². The van der Waals surface area contributed by atoms with Gasteiger partial charge in [0.25, 0.3) is 0 Å². The maximum absolute atomic E-state index is 10.8. The maximum Gasteiger partial charge on any atom is 0.178 e. The van der Waals surface area contributed by atoms with Crippen LogP contribution >= 0.6 is 17.2 Å². The molecule has 0 saturated carbocycles. The van der Waals surface area contributed by atoms with Crippen molar-refractivity contribution in [3.8, 4) is 0 Å². The molecule has 0 bridgehead atoms. The fourth-order valence-corrected chi connectivity index (χ4v) is 1.05. The van der Waals surface area contributed by atoms with Gasteiger partial charge in [0, 0.05) is 65.4 Å². The van der Waals surface area contributed by atoms with Gasteiger partial charge in [-0.2, -0.15) is 0 Å². The molecule has 0 aliphatic rings. The Morgan fingerprint density at radius 1 is 1.00 bits per heavy atom. The molecule has 0 fully saturated rings. The second-order valence-corrected chi connectivity index (χ2v) is 3.47. The molecule has 2 atom stereocenters. The van der Waals surface area contributed by atoms with Gasteiger partial charge in [-0.05, 0) is 25.5 Å². The predicted octanol–water partition coefficient (Wildman–Crippen LogP) is 2.19. The van der Waals surface area contributed by atoms with Gasteiger partial charge in [0.1, 0.15) is 0 Å². The van der Waals surface area contributed by atoms with Crippen LogP contribution in [0.1, 0.15) is 0 Å². The molecule has 5 heteroatoms. The zero-order chi connectivity index (χ0) is 7.82. The van der Waals surface area contributed by atoms with Crippen molar-refractivity contribution in [1.29, 1.82) is 0 Å². The number of rotatable bonds is 4. The summed E-state index contributed by atoms with van der Waals surface area (Å²) in [7, 11) is 1.45. The van der Waals surface area contributed by atoms with E-state index in [4.69, 9.17) is 0 Å². The van der Waals surface area contributed by atoms with Gasteiger partial charge in [-0.15, -0.1) is 17.2 Å². The van der Waals surface area contributed by atoms with Crippen LogP contribution in [0.25, 0.3) is 0 Å². The Morgan fingerprint density at radius 2 is 1.33 bits per heavy atom. The first-order valence-electron chi connectivity index (χ1n) is 3.03. The van der Waals surface area contributed by atoms with Crippen molar-refractivity contribution in [2.75, 3.05) is 13.3 Å². The summed E-state index contributed by atoms with van der Waals surface area (Å²) in [6, 6.07) is 0. The second kappa shape index (κ2) is 15.7. The van der Waals surface area contributed by atoms with Gasteiger partial charge in [0.05, 0.1) is 0 Å². The Kier molecular flexibility index (Phi) is 25.8. The average Bonchev–Trinajstić information content (AvgIpc) is 1.97. The van der Waals surface area contributed by atoms with Crippen LogP contribution in [0, 0.1) is 0 Å². The smallest absolute Gasteiger partial charge is 0.178 e. The minimum Gasteiger partial charge on any atom is -0.290 e. The molecule has 1 nitrogen and oxygen atoms in total. The van der Waals surface area contributed by atoms with Crippen molar-refractivity contribution in [1.82, 2.24) is 0 Å². The molecule has 0 aromatic carbocycles. The van der Waals surface area contributed by atoms with Gasteiger partial charge in [-0.1, -0.05) is 11.6 Å². The predicted molar refractivity (Wildman–Crippen MR) is 51.8 cm³/mol. The molecule has 0 heterocycles. The van der Waals surface area contributed by atoms with Gasteiger partial charge in [-0.25, -0.2) is 0 Å². The molecule has 0 saturated heterocycles. The zero-order valence-corrected chi connectivity index (χ0v) is 15.0. The zero-order valence-electron chi connectivity index (χ0n) is 7.37. The third-order valence-corrected chi connectivity index (χ3v) is 1.83. The Balaban J connectivity index is -0.000000405. The van der Waals surface area contributed by atoms with Crippen molar-refractivity contribution in [2.45, 2.75) is 0 Å². The Labute approximate surface area is 128 Å². The Bertz CT molecular complexity index is 141. The van der Waals surface area contributed by atoms with Gasteiger partial charge in [0.15, 0.2) is 5.78 Å². The summed E-state index contributed by atoms with van der Waals surface area (Å²) >= 11 is 0. The minimum atomic E-state index is 0.